The number of nitrogens with two attached hydrogens (primary N) is 1. The molecule has 3 rings (SSSR count). The molecular weight excluding hydrogens is 389 g/mol. The predicted molar refractivity (Wildman–Crippen MR) is 103 cm³/mol. The molecule has 1 aromatic carbocycles. The number of ether oxygens (including phenoxy) is 1. The molecule has 1 atom stereocenters. The summed E-state index contributed by atoms with van der Waals surface area (Å²) in [5.74, 6) is -0.802. The molecule has 1 saturated heterocycles. The van der Waals surface area contributed by atoms with E-state index in [1.807, 2.05) is 6.07 Å². The molecular formula is C19H17Cl2N3O3. The average Bonchev–Trinajstić information content (AvgIpc) is 2.68. The maximum Gasteiger partial charge on any atom is 0.267 e. The number of pyridine rings is 1. The number of primary amides is 1. The Morgan fingerprint density at radius 2 is 2.07 bits per heavy atom. The van der Waals surface area contributed by atoms with Crippen LogP contribution in [0.25, 0.3) is 11.1 Å². The molecule has 0 radical (unpaired) electrons. The number of nitrogens with zero attached hydrogens (tertiary/aromatic N) is 2. The van der Waals surface area contributed by atoms with Crippen LogP contribution in [0.2, 0.25) is 5.02 Å². The summed E-state index contributed by atoms with van der Waals surface area (Å²) in [5, 5.41) is 0.505. The number of hydrogen-bond acceptors (Lipinski definition) is 4. The minimum absolute atomic E-state index is 0.166. The smallest absolute Gasteiger partial charge is 0.267 e. The van der Waals surface area contributed by atoms with Gasteiger partial charge < -0.3 is 15.4 Å². The van der Waals surface area contributed by atoms with Crippen LogP contribution in [-0.2, 0) is 9.53 Å². The van der Waals surface area contributed by atoms with Gasteiger partial charge in [0.05, 0.1) is 19.3 Å². The number of carbonyl (C=O) groups excluding carboxylic acids is 2. The van der Waals surface area contributed by atoms with Crippen LogP contribution in [0, 0.1) is 0 Å². The summed E-state index contributed by atoms with van der Waals surface area (Å²) in [7, 11) is 0. The first-order chi connectivity index (χ1) is 13.0. The van der Waals surface area contributed by atoms with Crippen molar-refractivity contribution in [1.82, 2.24) is 9.88 Å². The summed E-state index contributed by atoms with van der Waals surface area (Å²) >= 11 is 11.9. The fraction of sp³-hybridized carbons (Fsp3) is 0.211. The fourth-order valence-electron chi connectivity index (χ4n) is 3.01. The number of benzene rings is 1. The van der Waals surface area contributed by atoms with Crippen molar-refractivity contribution in [2.75, 3.05) is 19.8 Å². The molecule has 0 spiro atoms. The van der Waals surface area contributed by atoms with E-state index in [0.717, 1.165) is 16.7 Å². The Morgan fingerprint density at radius 3 is 2.81 bits per heavy atom. The molecule has 6 nitrogen and oxygen atoms in total. The van der Waals surface area contributed by atoms with E-state index in [2.05, 4.69) is 4.98 Å². The monoisotopic (exact) mass is 405 g/mol. The maximum atomic E-state index is 12.3. The molecule has 2 amide bonds. The van der Waals surface area contributed by atoms with Gasteiger partial charge in [-0.2, -0.15) is 0 Å². The summed E-state index contributed by atoms with van der Waals surface area (Å²) in [4.78, 5) is 29.4. The van der Waals surface area contributed by atoms with Crippen molar-refractivity contribution in [3.8, 4) is 11.1 Å². The second kappa shape index (κ2) is 8.52. The lowest BCUT2D eigenvalue weighted by molar-refractivity contribution is -0.134. The Bertz CT molecular complexity index is 902. The van der Waals surface area contributed by atoms with Gasteiger partial charge in [-0.15, -0.1) is 0 Å². The third-order valence-electron chi connectivity index (χ3n) is 4.27. The van der Waals surface area contributed by atoms with Gasteiger partial charge in [0.25, 0.3) is 5.91 Å². The lowest BCUT2D eigenvalue weighted by Gasteiger charge is -2.35. The van der Waals surface area contributed by atoms with Crippen molar-refractivity contribution in [2.24, 2.45) is 5.73 Å². The SMILES string of the molecule is NC(=O)c1cc(-c2cc(Cl)cc(C3COCCN3C(=O)/C=C\Cl)c2)ccn1. The van der Waals surface area contributed by atoms with E-state index in [1.54, 1.807) is 29.2 Å². The Kier molecular flexibility index (Phi) is 6.11. The number of carbonyl (C=O) groups is 2. The Balaban J connectivity index is 2.00. The number of amides is 2. The minimum Gasteiger partial charge on any atom is -0.377 e. The molecule has 2 aromatic rings. The molecule has 1 fully saturated rings. The summed E-state index contributed by atoms with van der Waals surface area (Å²) in [5.41, 5.74) is 9.03. The molecule has 2 heterocycles. The molecule has 0 aliphatic carbocycles. The van der Waals surface area contributed by atoms with E-state index in [-0.39, 0.29) is 17.6 Å². The van der Waals surface area contributed by atoms with Crippen LogP contribution >= 0.6 is 23.2 Å². The first-order valence-corrected chi connectivity index (χ1v) is 9.03. The third kappa shape index (κ3) is 4.47. The Morgan fingerprint density at radius 1 is 1.26 bits per heavy atom. The van der Waals surface area contributed by atoms with Gasteiger partial charge in [0.15, 0.2) is 0 Å². The highest BCUT2D eigenvalue weighted by atomic mass is 35.5. The molecule has 2 N–H and O–H groups in total. The summed E-state index contributed by atoms with van der Waals surface area (Å²) in [6, 6.07) is 8.56. The van der Waals surface area contributed by atoms with Gasteiger partial charge in [0.1, 0.15) is 5.69 Å². The topological polar surface area (TPSA) is 85.5 Å². The third-order valence-corrected chi connectivity index (χ3v) is 4.61. The largest absolute Gasteiger partial charge is 0.377 e. The van der Waals surface area contributed by atoms with Crippen LogP contribution in [0.3, 0.4) is 0 Å². The molecule has 1 aliphatic rings. The van der Waals surface area contributed by atoms with Gasteiger partial charge in [-0.25, -0.2) is 0 Å². The normalized spacial score (nSPS) is 17.3. The van der Waals surface area contributed by atoms with Crippen LogP contribution in [0.15, 0.2) is 48.1 Å². The lowest BCUT2D eigenvalue weighted by atomic mass is 9.98. The molecule has 0 saturated carbocycles. The fourth-order valence-corrected chi connectivity index (χ4v) is 3.36. The van der Waals surface area contributed by atoms with Crippen molar-refractivity contribution < 1.29 is 14.3 Å². The highest BCUT2D eigenvalue weighted by Gasteiger charge is 2.28. The van der Waals surface area contributed by atoms with Gasteiger partial charge in [-0.3, -0.25) is 14.6 Å². The van der Waals surface area contributed by atoms with Crippen molar-refractivity contribution in [3.05, 3.63) is 64.4 Å². The molecule has 0 bridgehead atoms. The van der Waals surface area contributed by atoms with Gasteiger partial charge in [0.2, 0.25) is 5.91 Å². The number of hydrogen-bond donors (Lipinski definition) is 1. The molecule has 27 heavy (non-hydrogen) atoms. The zero-order valence-corrected chi connectivity index (χ0v) is 15.8. The zero-order valence-electron chi connectivity index (χ0n) is 14.3. The molecule has 140 valence electrons. The van der Waals surface area contributed by atoms with E-state index >= 15 is 0 Å². The second-order valence-electron chi connectivity index (χ2n) is 5.98. The quantitative estimate of drug-likeness (QED) is 0.791. The van der Waals surface area contributed by atoms with E-state index in [1.165, 1.54) is 17.8 Å². The predicted octanol–water partition coefficient (Wildman–Crippen LogP) is 3.15. The van der Waals surface area contributed by atoms with Gasteiger partial charge in [0, 0.05) is 29.4 Å². The van der Waals surface area contributed by atoms with Crippen LogP contribution in [0.4, 0.5) is 0 Å². The maximum absolute atomic E-state index is 12.3. The Hall–Kier alpha value is -2.41. The number of halogens is 2. The lowest BCUT2D eigenvalue weighted by Crippen LogP contribution is -2.42. The van der Waals surface area contributed by atoms with Crippen molar-refractivity contribution in [3.63, 3.8) is 0 Å². The molecule has 1 unspecified atom stereocenters. The van der Waals surface area contributed by atoms with Gasteiger partial charge in [-0.05, 0) is 47.0 Å². The van der Waals surface area contributed by atoms with Crippen LogP contribution in [0.5, 0.6) is 0 Å². The molecule has 1 aliphatic heterocycles. The standard InChI is InChI=1S/C19H17Cl2N3O3/c20-3-1-18(25)24-5-6-27-11-17(24)14-7-13(8-15(21)9-14)12-2-4-23-16(10-12)19(22)26/h1-4,7-10,17H,5-6,11H2,(H2,22,26)/b3-1-. The number of morpholine rings is 1. The number of rotatable bonds is 4. The van der Waals surface area contributed by atoms with Gasteiger partial charge in [-0.1, -0.05) is 23.2 Å². The van der Waals surface area contributed by atoms with Crippen molar-refractivity contribution in [2.45, 2.75) is 6.04 Å². The van der Waals surface area contributed by atoms with E-state index in [4.69, 9.17) is 33.7 Å². The first-order valence-electron chi connectivity index (χ1n) is 8.21. The second-order valence-corrected chi connectivity index (χ2v) is 6.67. The Labute approximate surface area is 166 Å². The minimum atomic E-state index is -0.607. The summed E-state index contributed by atoms with van der Waals surface area (Å²) < 4.78 is 5.57. The van der Waals surface area contributed by atoms with Crippen molar-refractivity contribution >= 4 is 35.0 Å². The van der Waals surface area contributed by atoms with E-state index < -0.39 is 5.91 Å². The summed E-state index contributed by atoms with van der Waals surface area (Å²) in [6.45, 7) is 1.26. The molecule has 8 heteroatoms. The summed E-state index contributed by atoms with van der Waals surface area (Å²) in [6.07, 6.45) is 2.83. The van der Waals surface area contributed by atoms with Gasteiger partial charge >= 0.3 is 0 Å². The highest BCUT2D eigenvalue weighted by molar-refractivity contribution is 6.31. The first kappa shape index (κ1) is 19.4. The van der Waals surface area contributed by atoms with Crippen LogP contribution in [-0.4, -0.2) is 41.5 Å². The van der Waals surface area contributed by atoms with Crippen LogP contribution in [0.1, 0.15) is 22.1 Å². The molecule has 1 aromatic heterocycles. The average molecular weight is 406 g/mol. The highest BCUT2D eigenvalue weighted by Crippen LogP contribution is 2.32. The van der Waals surface area contributed by atoms with Crippen molar-refractivity contribution in [1.29, 1.82) is 0 Å². The van der Waals surface area contributed by atoms with E-state index in [0.29, 0.717) is 24.8 Å². The van der Waals surface area contributed by atoms with E-state index in [9.17, 15) is 9.59 Å². The number of aromatic nitrogens is 1. The zero-order chi connectivity index (χ0) is 19.4. The van der Waals surface area contributed by atoms with Crippen LogP contribution < -0.4 is 5.73 Å².